The molecule has 23 heavy (non-hydrogen) atoms. The van der Waals surface area contributed by atoms with E-state index in [0.29, 0.717) is 17.5 Å². The highest BCUT2D eigenvalue weighted by Gasteiger charge is 2.39. The summed E-state index contributed by atoms with van der Waals surface area (Å²) in [6.45, 7) is 0. The first-order chi connectivity index (χ1) is 11.1. The van der Waals surface area contributed by atoms with Gasteiger partial charge in [-0.25, -0.2) is 4.79 Å². The van der Waals surface area contributed by atoms with Crippen LogP contribution in [0.1, 0.15) is 72.1 Å². The Balaban J connectivity index is 1.76. The van der Waals surface area contributed by atoms with Gasteiger partial charge >= 0.3 is 5.97 Å². The summed E-state index contributed by atoms with van der Waals surface area (Å²) >= 11 is 0. The van der Waals surface area contributed by atoms with Crippen LogP contribution in [-0.4, -0.2) is 18.9 Å². The number of hydrogen-bond donors (Lipinski definition) is 0. The van der Waals surface area contributed by atoms with E-state index in [9.17, 15) is 9.59 Å². The molecule has 0 heterocycles. The van der Waals surface area contributed by atoms with E-state index in [0.717, 1.165) is 19.3 Å². The first-order valence-corrected chi connectivity index (χ1v) is 8.56. The van der Waals surface area contributed by atoms with Crippen molar-refractivity contribution in [1.82, 2.24) is 0 Å². The van der Waals surface area contributed by atoms with Crippen molar-refractivity contribution < 1.29 is 14.3 Å². The number of ketones is 1. The third-order valence-corrected chi connectivity index (χ3v) is 5.41. The van der Waals surface area contributed by atoms with Crippen molar-refractivity contribution in [2.24, 2.45) is 5.41 Å². The standard InChI is InChI=1S/C20H24O3/c1-23-19(22)16-10-8-15(9-11-16)18(21)14-20-12-4-2-6-17(20)7-3-5-13-20/h6,8-11H,2-5,7,12-14H2,1H3. The molecule has 2 aliphatic carbocycles. The zero-order valence-corrected chi connectivity index (χ0v) is 13.8. The molecule has 0 radical (unpaired) electrons. The Morgan fingerprint density at radius 1 is 1.04 bits per heavy atom. The normalized spacial score (nSPS) is 23.6. The lowest BCUT2D eigenvalue weighted by molar-refractivity contribution is 0.0600. The molecule has 0 N–H and O–H groups in total. The zero-order chi connectivity index (χ0) is 16.3. The molecule has 3 nitrogen and oxygen atoms in total. The fourth-order valence-electron chi connectivity index (χ4n) is 4.14. The largest absolute Gasteiger partial charge is 0.465 e. The lowest BCUT2D eigenvalue weighted by atomic mass is 9.62. The van der Waals surface area contributed by atoms with E-state index in [1.54, 1.807) is 24.3 Å². The Labute approximate surface area is 137 Å². The summed E-state index contributed by atoms with van der Waals surface area (Å²) in [6.07, 6.45) is 11.3. The first-order valence-electron chi connectivity index (χ1n) is 8.56. The number of Topliss-reactive ketones (excluding diaryl/α,β-unsaturated/α-hetero) is 1. The van der Waals surface area contributed by atoms with Gasteiger partial charge in [0.15, 0.2) is 5.78 Å². The Bertz CT molecular complexity index is 627. The molecule has 3 heteroatoms. The maximum Gasteiger partial charge on any atom is 0.337 e. The molecule has 122 valence electrons. The quantitative estimate of drug-likeness (QED) is 0.459. The number of methoxy groups -OCH3 is 1. The van der Waals surface area contributed by atoms with Crippen molar-refractivity contribution in [3.05, 3.63) is 47.0 Å². The summed E-state index contributed by atoms with van der Waals surface area (Å²) in [5, 5.41) is 0. The van der Waals surface area contributed by atoms with Gasteiger partial charge in [-0.1, -0.05) is 30.2 Å². The lowest BCUT2D eigenvalue weighted by Gasteiger charge is -2.42. The average Bonchev–Trinajstić information content (AvgIpc) is 2.61. The van der Waals surface area contributed by atoms with Crippen molar-refractivity contribution in [1.29, 1.82) is 0 Å². The molecule has 1 atom stereocenters. The minimum absolute atomic E-state index is 0.106. The second-order valence-electron chi connectivity index (χ2n) is 6.78. The summed E-state index contributed by atoms with van der Waals surface area (Å²) in [6, 6.07) is 6.85. The molecule has 0 amide bonds. The van der Waals surface area contributed by atoms with Crippen LogP contribution in [0.4, 0.5) is 0 Å². The van der Waals surface area contributed by atoms with Gasteiger partial charge in [0.1, 0.15) is 0 Å². The summed E-state index contributed by atoms with van der Waals surface area (Å²) in [5.41, 5.74) is 2.81. The molecule has 2 aliphatic rings. The number of carbonyl (C=O) groups excluding carboxylic acids is 2. The Hall–Kier alpha value is -1.90. The minimum Gasteiger partial charge on any atom is -0.465 e. The maximum absolute atomic E-state index is 12.8. The first kappa shape index (κ1) is 16.0. The highest BCUT2D eigenvalue weighted by atomic mass is 16.5. The number of benzene rings is 1. The Morgan fingerprint density at radius 2 is 1.74 bits per heavy atom. The van der Waals surface area contributed by atoms with Crippen LogP contribution >= 0.6 is 0 Å². The molecule has 3 rings (SSSR count). The molecule has 0 saturated heterocycles. The Kier molecular flexibility index (Phi) is 4.65. The SMILES string of the molecule is COC(=O)c1ccc(C(=O)CC23CCCC=C2CCCC3)cc1. The van der Waals surface area contributed by atoms with Crippen molar-refractivity contribution >= 4 is 11.8 Å². The molecule has 0 spiro atoms. The molecular formula is C20H24O3. The van der Waals surface area contributed by atoms with Crippen molar-refractivity contribution in [3.8, 4) is 0 Å². The monoisotopic (exact) mass is 312 g/mol. The van der Waals surface area contributed by atoms with Crippen LogP contribution < -0.4 is 0 Å². The van der Waals surface area contributed by atoms with Gasteiger partial charge in [-0.05, 0) is 56.1 Å². The van der Waals surface area contributed by atoms with Crippen LogP contribution in [0.5, 0.6) is 0 Å². The Morgan fingerprint density at radius 3 is 2.48 bits per heavy atom. The smallest absolute Gasteiger partial charge is 0.337 e. The van der Waals surface area contributed by atoms with Crippen molar-refractivity contribution in [3.63, 3.8) is 0 Å². The number of rotatable bonds is 4. The van der Waals surface area contributed by atoms with Gasteiger partial charge in [0, 0.05) is 12.0 Å². The van der Waals surface area contributed by atoms with Crippen molar-refractivity contribution in [2.75, 3.05) is 7.11 Å². The van der Waals surface area contributed by atoms with E-state index < -0.39 is 0 Å². The van der Waals surface area contributed by atoms with Gasteiger partial charge in [0.2, 0.25) is 0 Å². The number of carbonyl (C=O) groups is 2. The number of hydrogen-bond acceptors (Lipinski definition) is 3. The second-order valence-corrected chi connectivity index (χ2v) is 6.78. The number of esters is 1. The molecular weight excluding hydrogens is 288 g/mol. The van der Waals surface area contributed by atoms with E-state index in [1.165, 1.54) is 38.4 Å². The van der Waals surface area contributed by atoms with E-state index >= 15 is 0 Å². The van der Waals surface area contributed by atoms with Crippen molar-refractivity contribution in [2.45, 2.75) is 51.4 Å². The maximum atomic E-state index is 12.8. The summed E-state index contributed by atoms with van der Waals surface area (Å²) in [7, 11) is 1.36. The molecule has 1 fully saturated rings. The third kappa shape index (κ3) is 3.24. The lowest BCUT2D eigenvalue weighted by Crippen LogP contribution is -2.31. The highest BCUT2D eigenvalue weighted by molar-refractivity contribution is 5.98. The van der Waals surface area contributed by atoms with Crippen LogP contribution in [0, 0.1) is 5.41 Å². The predicted octanol–water partition coefficient (Wildman–Crippen LogP) is 4.72. The van der Waals surface area contributed by atoms with E-state index in [1.807, 2.05) is 0 Å². The number of ether oxygens (including phenoxy) is 1. The summed E-state index contributed by atoms with van der Waals surface area (Å²) in [4.78, 5) is 24.3. The molecule has 1 saturated carbocycles. The number of allylic oxidation sites excluding steroid dienone is 2. The summed E-state index contributed by atoms with van der Waals surface area (Å²) < 4.78 is 4.70. The third-order valence-electron chi connectivity index (χ3n) is 5.41. The van der Waals surface area contributed by atoms with Crippen LogP contribution in [0.2, 0.25) is 0 Å². The average molecular weight is 312 g/mol. The van der Waals surface area contributed by atoms with Crippen LogP contribution in [-0.2, 0) is 4.74 Å². The van der Waals surface area contributed by atoms with Crippen LogP contribution in [0.3, 0.4) is 0 Å². The molecule has 1 unspecified atom stereocenters. The fourth-order valence-corrected chi connectivity index (χ4v) is 4.14. The van der Waals surface area contributed by atoms with E-state index in [-0.39, 0.29) is 17.2 Å². The van der Waals surface area contributed by atoms with E-state index in [4.69, 9.17) is 4.74 Å². The highest BCUT2D eigenvalue weighted by Crippen LogP contribution is 2.50. The molecule has 0 aliphatic heterocycles. The van der Waals surface area contributed by atoms with Gasteiger partial charge in [0.05, 0.1) is 12.7 Å². The van der Waals surface area contributed by atoms with E-state index in [2.05, 4.69) is 6.08 Å². The molecule has 1 aromatic carbocycles. The fraction of sp³-hybridized carbons (Fsp3) is 0.500. The van der Waals surface area contributed by atoms with Gasteiger partial charge in [0.25, 0.3) is 0 Å². The molecule has 0 aromatic heterocycles. The topological polar surface area (TPSA) is 43.4 Å². The second kappa shape index (κ2) is 6.69. The van der Waals surface area contributed by atoms with Gasteiger partial charge in [-0.3, -0.25) is 4.79 Å². The number of fused-ring (bicyclic) bond motifs is 1. The zero-order valence-electron chi connectivity index (χ0n) is 13.8. The van der Waals surface area contributed by atoms with Crippen LogP contribution in [0.25, 0.3) is 0 Å². The summed E-state index contributed by atoms with van der Waals surface area (Å²) in [5.74, 6) is -0.177. The van der Waals surface area contributed by atoms with Gasteiger partial charge in [-0.2, -0.15) is 0 Å². The van der Waals surface area contributed by atoms with Crippen LogP contribution in [0.15, 0.2) is 35.9 Å². The molecule has 0 bridgehead atoms. The van der Waals surface area contributed by atoms with Gasteiger partial charge < -0.3 is 4.74 Å². The molecule has 1 aromatic rings. The van der Waals surface area contributed by atoms with Gasteiger partial charge in [-0.15, -0.1) is 0 Å². The predicted molar refractivity (Wildman–Crippen MR) is 89.6 cm³/mol. The minimum atomic E-state index is -0.368.